The minimum absolute atomic E-state index is 0.00765. The second-order valence-electron chi connectivity index (χ2n) is 13.6. The van der Waals surface area contributed by atoms with Crippen molar-refractivity contribution in [2.24, 2.45) is 11.8 Å². The molecule has 1 aromatic heterocycles. The molecule has 3 heterocycles. The van der Waals surface area contributed by atoms with Crippen molar-refractivity contribution < 1.29 is 23.1 Å². The van der Waals surface area contributed by atoms with Crippen LogP contribution in [0.2, 0.25) is 5.02 Å². The minimum atomic E-state index is -4.28. The summed E-state index contributed by atoms with van der Waals surface area (Å²) in [5.41, 5.74) is 3.75. The summed E-state index contributed by atoms with van der Waals surface area (Å²) < 4.78 is 37.8. The third-order valence-corrected chi connectivity index (χ3v) is 12.3. The molecule has 2 aliphatic carbocycles. The van der Waals surface area contributed by atoms with Gasteiger partial charge in [0.1, 0.15) is 5.75 Å². The zero-order chi connectivity index (χ0) is 32.8. The number of nitrogens with zero attached hydrogens (tertiary/aromatic N) is 3. The molecular weight excluding hydrogens is 636 g/mol. The number of fused-ring (bicyclic) bond motifs is 4. The van der Waals surface area contributed by atoms with Crippen molar-refractivity contribution in [1.82, 2.24) is 14.0 Å². The first-order chi connectivity index (χ1) is 22.6. The van der Waals surface area contributed by atoms with Crippen molar-refractivity contribution in [3.8, 4) is 5.75 Å². The van der Waals surface area contributed by atoms with Gasteiger partial charge in [0.15, 0.2) is 0 Å². The molecular formula is C36H41ClN4O5S. The lowest BCUT2D eigenvalue weighted by molar-refractivity contribution is 0.0455. The standard InChI is InChI=1S/C36H41ClN4O5S/c1-24-6-4-9-33(42)30-13-10-27(30)20-40-22-36(16-5-7-25-18-28(37)12-14-31(25)36)23-46-34-15-11-26(19-32(34)40)35(43)39-47(44,45)41(24)21-29-8-2-3-17-38-29/h2-4,8-9,11-12,14-15,17-19,24,27,30,33,42H,5-7,10,13,16,20-23H2,1H3,(H,39,43)/b9-4-/t24-,27-,30+,33-,36-/m0/s1. The molecule has 9 nitrogen and oxygen atoms in total. The van der Waals surface area contributed by atoms with Gasteiger partial charge in [-0.25, -0.2) is 4.72 Å². The third-order valence-electron chi connectivity index (χ3n) is 10.5. The third kappa shape index (κ3) is 6.40. The van der Waals surface area contributed by atoms with Crippen LogP contribution in [0, 0.1) is 11.8 Å². The van der Waals surface area contributed by atoms with E-state index in [0.717, 1.165) is 42.8 Å². The number of anilines is 1. The largest absolute Gasteiger partial charge is 0.490 e. The molecule has 1 fully saturated rings. The van der Waals surface area contributed by atoms with Gasteiger partial charge in [-0.1, -0.05) is 35.9 Å². The fraction of sp³-hybridized carbons (Fsp3) is 0.444. The molecule has 4 aliphatic rings. The molecule has 47 heavy (non-hydrogen) atoms. The van der Waals surface area contributed by atoms with Crippen LogP contribution < -0.4 is 14.4 Å². The van der Waals surface area contributed by atoms with Crippen LogP contribution in [0.15, 0.2) is 72.9 Å². The summed E-state index contributed by atoms with van der Waals surface area (Å²) in [6.45, 7) is 3.62. The van der Waals surface area contributed by atoms with E-state index in [9.17, 15) is 18.3 Å². The topological polar surface area (TPSA) is 112 Å². The van der Waals surface area contributed by atoms with Crippen molar-refractivity contribution in [1.29, 1.82) is 0 Å². The van der Waals surface area contributed by atoms with Crippen molar-refractivity contribution in [2.75, 3.05) is 24.6 Å². The fourth-order valence-corrected chi connectivity index (χ4v) is 9.37. The van der Waals surface area contributed by atoms with Gasteiger partial charge in [-0.3, -0.25) is 9.78 Å². The number of nitrogens with one attached hydrogen (secondary N) is 1. The van der Waals surface area contributed by atoms with E-state index in [1.165, 1.54) is 15.4 Å². The van der Waals surface area contributed by atoms with Gasteiger partial charge >= 0.3 is 10.2 Å². The molecule has 248 valence electrons. The van der Waals surface area contributed by atoms with E-state index in [2.05, 4.69) is 26.7 Å². The summed E-state index contributed by atoms with van der Waals surface area (Å²) in [7, 11) is -4.28. The quantitative estimate of drug-likeness (QED) is 0.349. The number of hydrogen-bond acceptors (Lipinski definition) is 7. The molecule has 2 N–H and O–H groups in total. The lowest BCUT2D eigenvalue weighted by Crippen LogP contribution is -2.49. The van der Waals surface area contributed by atoms with E-state index < -0.39 is 28.3 Å². The maximum atomic E-state index is 13.8. The molecule has 3 aromatic rings. The van der Waals surface area contributed by atoms with Gasteiger partial charge in [0.05, 0.1) is 30.6 Å². The van der Waals surface area contributed by atoms with Crippen LogP contribution in [0.25, 0.3) is 0 Å². The number of benzene rings is 2. The van der Waals surface area contributed by atoms with E-state index in [1.54, 1.807) is 49.5 Å². The maximum Gasteiger partial charge on any atom is 0.304 e. The molecule has 2 bridgehead atoms. The number of aryl methyl sites for hydroxylation is 1. The number of carbonyl (C=O) groups is 1. The number of aliphatic hydroxyl groups is 1. The number of amides is 1. The summed E-state index contributed by atoms with van der Waals surface area (Å²) in [5.74, 6) is 0.275. The van der Waals surface area contributed by atoms with Gasteiger partial charge in [0, 0.05) is 41.3 Å². The highest BCUT2D eigenvalue weighted by Gasteiger charge is 2.44. The molecule has 0 saturated heterocycles. The molecule has 0 radical (unpaired) electrons. The Morgan fingerprint density at radius 1 is 1.15 bits per heavy atom. The van der Waals surface area contributed by atoms with Gasteiger partial charge in [0.2, 0.25) is 0 Å². The Morgan fingerprint density at radius 3 is 2.81 bits per heavy atom. The number of halogens is 1. The van der Waals surface area contributed by atoms with Crippen LogP contribution in [0.5, 0.6) is 5.75 Å². The Balaban J connectivity index is 1.28. The van der Waals surface area contributed by atoms with Crippen molar-refractivity contribution in [3.63, 3.8) is 0 Å². The average Bonchev–Trinajstić information content (AvgIpc) is 3.18. The lowest BCUT2D eigenvalue weighted by Gasteiger charge is -2.45. The van der Waals surface area contributed by atoms with Crippen molar-refractivity contribution >= 4 is 33.4 Å². The molecule has 5 atom stereocenters. The highest BCUT2D eigenvalue weighted by Crippen LogP contribution is 2.46. The first-order valence-corrected chi connectivity index (χ1v) is 18.3. The first kappa shape index (κ1) is 32.1. The Bertz CT molecular complexity index is 1790. The zero-order valence-electron chi connectivity index (χ0n) is 26.5. The second-order valence-corrected chi connectivity index (χ2v) is 15.7. The zero-order valence-corrected chi connectivity index (χ0v) is 28.1. The minimum Gasteiger partial charge on any atom is -0.490 e. The second kappa shape index (κ2) is 12.9. The van der Waals surface area contributed by atoms with Crippen molar-refractivity contribution in [2.45, 2.75) is 69.6 Å². The maximum absolute atomic E-state index is 13.8. The van der Waals surface area contributed by atoms with E-state index in [1.807, 2.05) is 18.2 Å². The van der Waals surface area contributed by atoms with Gasteiger partial charge in [-0.2, -0.15) is 12.7 Å². The van der Waals surface area contributed by atoms with Gasteiger partial charge < -0.3 is 14.7 Å². The van der Waals surface area contributed by atoms with E-state index >= 15 is 0 Å². The fourth-order valence-electron chi connectivity index (χ4n) is 7.85. The summed E-state index contributed by atoms with van der Waals surface area (Å²) in [6.07, 6.45) is 9.83. The van der Waals surface area contributed by atoms with Crippen LogP contribution in [0.1, 0.15) is 66.2 Å². The molecule has 1 saturated carbocycles. The normalized spacial score (nSPS) is 29.8. The SMILES string of the molecule is C[C@H]1C/C=C\[C@H](O)[C@@H]2CC[C@H]2CN2C[C@@]3(CCCc4cc(Cl)ccc43)COc3ccc(cc32)C(=O)NS(=O)(=O)N1Cc1ccccn1. The summed E-state index contributed by atoms with van der Waals surface area (Å²) in [6, 6.07) is 16.1. The van der Waals surface area contributed by atoms with Gasteiger partial charge in [0.25, 0.3) is 5.91 Å². The Kier molecular flexibility index (Phi) is 8.80. The lowest BCUT2D eigenvalue weighted by atomic mass is 9.68. The van der Waals surface area contributed by atoms with Gasteiger partial charge in [-0.15, -0.1) is 0 Å². The Hall–Kier alpha value is -3.44. The van der Waals surface area contributed by atoms with Crippen LogP contribution in [-0.4, -0.2) is 60.6 Å². The monoisotopic (exact) mass is 676 g/mol. The Labute approximate surface area is 281 Å². The molecule has 2 aliphatic heterocycles. The predicted octanol–water partition coefficient (Wildman–Crippen LogP) is 5.42. The highest BCUT2D eigenvalue weighted by atomic mass is 35.5. The van der Waals surface area contributed by atoms with Crippen LogP contribution in [-0.2, 0) is 28.6 Å². The summed E-state index contributed by atoms with van der Waals surface area (Å²) in [5, 5.41) is 12.0. The number of hydrogen-bond donors (Lipinski definition) is 2. The molecule has 1 spiro atoms. The highest BCUT2D eigenvalue weighted by molar-refractivity contribution is 7.87. The van der Waals surface area contributed by atoms with E-state index in [-0.39, 0.29) is 29.4 Å². The van der Waals surface area contributed by atoms with Crippen LogP contribution in [0.3, 0.4) is 0 Å². The number of carbonyl (C=O) groups excluding carboxylic acids is 1. The number of ether oxygens (including phenoxy) is 1. The summed E-state index contributed by atoms with van der Waals surface area (Å²) in [4.78, 5) is 20.3. The number of aromatic nitrogens is 1. The Morgan fingerprint density at radius 2 is 2.02 bits per heavy atom. The predicted molar refractivity (Wildman–Crippen MR) is 182 cm³/mol. The number of aliphatic hydroxyl groups excluding tert-OH is 1. The number of pyridine rings is 1. The molecule has 7 rings (SSSR count). The van der Waals surface area contributed by atoms with E-state index in [0.29, 0.717) is 37.6 Å². The van der Waals surface area contributed by atoms with Crippen LogP contribution >= 0.6 is 11.6 Å². The van der Waals surface area contributed by atoms with Crippen molar-refractivity contribution in [3.05, 3.63) is 100 Å². The smallest absolute Gasteiger partial charge is 0.304 e. The summed E-state index contributed by atoms with van der Waals surface area (Å²) >= 11 is 6.41. The van der Waals surface area contributed by atoms with E-state index in [4.69, 9.17) is 16.3 Å². The molecule has 0 unspecified atom stereocenters. The van der Waals surface area contributed by atoms with Crippen LogP contribution in [0.4, 0.5) is 5.69 Å². The molecule has 2 aromatic carbocycles. The number of rotatable bonds is 2. The van der Waals surface area contributed by atoms with Gasteiger partial charge in [-0.05, 0) is 111 Å². The molecule has 1 amide bonds. The average molecular weight is 677 g/mol. The molecule has 11 heteroatoms. The first-order valence-electron chi connectivity index (χ1n) is 16.5.